The number of hydrogen-bond donors (Lipinski definition) is 0. The lowest BCUT2D eigenvalue weighted by Gasteiger charge is -2.12. The summed E-state index contributed by atoms with van der Waals surface area (Å²) < 4.78 is 19.9. The first kappa shape index (κ1) is 26.3. The van der Waals surface area contributed by atoms with Gasteiger partial charge >= 0.3 is 35.8 Å². The van der Waals surface area contributed by atoms with Crippen molar-refractivity contribution in [2.24, 2.45) is 0 Å². The molecule has 0 saturated carbocycles. The Morgan fingerprint density at radius 2 is 1.02 bits per heavy atom. The number of fused-ring (bicyclic) bond motifs is 3. The van der Waals surface area contributed by atoms with Gasteiger partial charge in [-0.15, -0.1) is 0 Å². The van der Waals surface area contributed by atoms with Crippen molar-refractivity contribution >= 4 is 47.6 Å². The first-order valence-electron chi connectivity index (χ1n) is 12.4. The lowest BCUT2D eigenvalue weighted by molar-refractivity contribution is 0.0425. The van der Waals surface area contributed by atoms with E-state index in [9.17, 15) is 38.4 Å². The number of hydrogen-bond acceptors (Lipinski definition) is 12. The van der Waals surface area contributed by atoms with E-state index in [-0.39, 0.29) is 62.6 Å². The van der Waals surface area contributed by atoms with Crippen LogP contribution in [-0.4, -0.2) is 59.1 Å². The van der Waals surface area contributed by atoms with Crippen molar-refractivity contribution in [3.63, 3.8) is 0 Å². The minimum atomic E-state index is -1.01. The molecule has 0 aromatic heterocycles. The minimum absolute atomic E-state index is 0.0218. The van der Waals surface area contributed by atoms with Gasteiger partial charge in [-0.3, -0.25) is 14.5 Å². The third-order valence-electron chi connectivity index (χ3n) is 6.66. The lowest BCUT2D eigenvalue weighted by atomic mass is 10.0. The molecule has 0 saturated heterocycles. The average molecular weight is 569 g/mol. The summed E-state index contributed by atoms with van der Waals surface area (Å²) in [6.45, 7) is 1.76. The summed E-state index contributed by atoms with van der Waals surface area (Å²) in [4.78, 5) is 101. The quantitative estimate of drug-likeness (QED) is 0.184. The summed E-state index contributed by atoms with van der Waals surface area (Å²) in [5.41, 5.74) is -1.24. The van der Waals surface area contributed by atoms with Crippen LogP contribution < -0.4 is 9.47 Å². The van der Waals surface area contributed by atoms with Gasteiger partial charge in [0, 0.05) is 6.54 Å². The van der Waals surface area contributed by atoms with Crippen LogP contribution >= 0.6 is 0 Å². The fourth-order valence-corrected chi connectivity index (χ4v) is 4.69. The van der Waals surface area contributed by atoms with Crippen LogP contribution in [-0.2, 0) is 9.47 Å². The maximum atomic E-state index is 13.3. The van der Waals surface area contributed by atoms with E-state index < -0.39 is 47.6 Å². The van der Waals surface area contributed by atoms with E-state index in [0.29, 0.717) is 6.42 Å². The number of imide groups is 1. The van der Waals surface area contributed by atoms with E-state index in [0.717, 1.165) is 29.2 Å². The standard InChI is InChI=1S/C29H15NO12/c1-2-9-30-22(31)20-18(39-24(33)12-3-5-14-16(10-12)28(37)41-26(14)35)7-8-19(21(20)23(30)32)40-25(34)13-4-6-15-17(11-13)29(38)42-27(15)36/h3-8,10-11H,2,9H2,1H3. The second kappa shape index (κ2) is 9.59. The highest BCUT2D eigenvalue weighted by atomic mass is 16.6. The highest BCUT2D eigenvalue weighted by Crippen LogP contribution is 2.38. The maximum Gasteiger partial charge on any atom is 0.346 e. The fourth-order valence-electron chi connectivity index (χ4n) is 4.69. The van der Waals surface area contributed by atoms with Crippen LogP contribution in [0.1, 0.15) is 96.2 Å². The SMILES string of the molecule is CCCN1C(=O)c2c(OC(=O)c3ccc4c(c3)C(=O)OC4=O)ccc(OC(=O)c3ccc4c(c3)C(=O)OC4=O)c2C1=O. The van der Waals surface area contributed by atoms with Crippen molar-refractivity contribution in [3.8, 4) is 11.5 Å². The Morgan fingerprint density at radius 3 is 1.43 bits per heavy atom. The fraction of sp³-hybridized carbons (Fsp3) is 0.103. The molecule has 3 aromatic rings. The Hall–Kier alpha value is -5.98. The van der Waals surface area contributed by atoms with Crippen molar-refractivity contribution in [1.82, 2.24) is 4.90 Å². The zero-order valence-corrected chi connectivity index (χ0v) is 21.4. The molecule has 3 aliphatic heterocycles. The molecule has 0 spiro atoms. The molecule has 3 heterocycles. The molecule has 13 heteroatoms. The van der Waals surface area contributed by atoms with Crippen LogP contribution in [0, 0.1) is 0 Å². The van der Waals surface area contributed by atoms with Gasteiger partial charge in [0.25, 0.3) is 11.8 Å². The van der Waals surface area contributed by atoms with Crippen LogP contribution in [0.25, 0.3) is 0 Å². The molecule has 3 aromatic carbocycles. The summed E-state index contributed by atoms with van der Waals surface area (Å²) in [6, 6.07) is 9.43. The molecule has 3 aliphatic rings. The minimum Gasteiger partial charge on any atom is -0.422 e. The molecule has 0 N–H and O–H groups in total. The van der Waals surface area contributed by atoms with Crippen LogP contribution in [0.15, 0.2) is 48.5 Å². The smallest absolute Gasteiger partial charge is 0.346 e. The molecule has 0 aliphatic carbocycles. The molecule has 13 nitrogen and oxygen atoms in total. The number of nitrogens with zero attached hydrogens (tertiary/aromatic N) is 1. The van der Waals surface area contributed by atoms with E-state index in [4.69, 9.17) is 9.47 Å². The topological polar surface area (TPSA) is 177 Å². The van der Waals surface area contributed by atoms with Gasteiger partial charge in [-0.25, -0.2) is 28.8 Å². The predicted octanol–water partition coefficient (Wildman–Crippen LogP) is 2.75. The Kier molecular flexibility index (Phi) is 5.99. The Bertz CT molecular complexity index is 1720. The Labute approximate surface area is 234 Å². The van der Waals surface area contributed by atoms with E-state index in [1.54, 1.807) is 6.92 Å². The van der Waals surface area contributed by atoms with Gasteiger partial charge in [-0.05, 0) is 55.0 Å². The lowest BCUT2D eigenvalue weighted by Crippen LogP contribution is -2.30. The molecule has 0 atom stereocenters. The van der Waals surface area contributed by atoms with Gasteiger partial charge in [-0.2, -0.15) is 0 Å². The number of carbonyl (C=O) groups excluding carboxylic acids is 8. The normalized spacial score (nSPS) is 14.8. The van der Waals surface area contributed by atoms with Gasteiger partial charge < -0.3 is 18.9 Å². The molecule has 0 radical (unpaired) electrons. The zero-order chi connectivity index (χ0) is 29.9. The molecule has 0 fully saturated rings. The van der Waals surface area contributed by atoms with Gasteiger partial charge in [0.1, 0.15) is 11.5 Å². The number of carbonyl (C=O) groups is 8. The second-order valence-corrected chi connectivity index (χ2v) is 9.23. The monoisotopic (exact) mass is 569 g/mol. The van der Waals surface area contributed by atoms with Crippen LogP contribution in [0.4, 0.5) is 0 Å². The van der Waals surface area contributed by atoms with E-state index in [1.165, 1.54) is 24.3 Å². The number of rotatable bonds is 6. The highest BCUT2D eigenvalue weighted by molar-refractivity contribution is 6.24. The first-order chi connectivity index (χ1) is 20.1. The summed E-state index contributed by atoms with van der Waals surface area (Å²) in [5, 5.41) is 0. The number of amides is 2. The Balaban J connectivity index is 1.34. The second-order valence-electron chi connectivity index (χ2n) is 9.23. The molecule has 208 valence electrons. The van der Waals surface area contributed by atoms with Gasteiger partial charge in [0.15, 0.2) is 0 Å². The Morgan fingerprint density at radius 1 is 0.619 bits per heavy atom. The van der Waals surface area contributed by atoms with Crippen LogP contribution in [0.2, 0.25) is 0 Å². The molecule has 0 bridgehead atoms. The highest BCUT2D eigenvalue weighted by Gasteiger charge is 2.42. The average Bonchev–Trinajstić information content (AvgIpc) is 3.53. The van der Waals surface area contributed by atoms with E-state index in [1.807, 2.05) is 0 Å². The van der Waals surface area contributed by atoms with Crippen molar-refractivity contribution in [2.45, 2.75) is 13.3 Å². The number of esters is 6. The number of benzene rings is 3. The largest absolute Gasteiger partial charge is 0.422 e. The molecule has 6 rings (SSSR count). The van der Waals surface area contributed by atoms with Gasteiger partial charge in [-0.1, -0.05) is 6.92 Å². The van der Waals surface area contributed by atoms with Gasteiger partial charge in [0.05, 0.1) is 44.5 Å². The predicted molar refractivity (Wildman–Crippen MR) is 134 cm³/mol. The summed E-state index contributed by atoms with van der Waals surface area (Å²) in [5.74, 6) is -7.80. The summed E-state index contributed by atoms with van der Waals surface area (Å²) in [7, 11) is 0. The molecular formula is C29H15NO12. The number of ether oxygens (including phenoxy) is 4. The van der Waals surface area contributed by atoms with Crippen molar-refractivity contribution in [1.29, 1.82) is 0 Å². The first-order valence-corrected chi connectivity index (χ1v) is 12.4. The molecule has 0 unspecified atom stereocenters. The molecule has 2 amide bonds. The third kappa shape index (κ3) is 4.02. The van der Waals surface area contributed by atoms with Crippen molar-refractivity contribution in [2.75, 3.05) is 6.54 Å². The maximum absolute atomic E-state index is 13.3. The van der Waals surface area contributed by atoms with Gasteiger partial charge in [0.2, 0.25) is 0 Å². The molecular weight excluding hydrogens is 554 g/mol. The molecule has 42 heavy (non-hydrogen) atoms. The van der Waals surface area contributed by atoms with E-state index in [2.05, 4.69) is 9.47 Å². The summed E-state index contributed by atoms with van der Waals surface area (Å²) in [6.07, 6.45) is 0.406. The third-order valence-corrected chi connectivity index (χ3v) is 6.66. The van der Waals surface area contributed by atoms with Crippen molar-refractivity contribution in [3.05, 3.63) is 93.0 Å². The zero-order valence-electron chi connectivity index (χ0n) is 21.4. The summed E-state index contributed by atoms with van der Waals surface area (Å²) >= 11 is 0. The van der Waals surface area contributed by atoms with Crippen molar-refractivity contribution < 1.29 is 57.3 Å². The van der Waals surface area contributed by atoms with E-state index >= 15 is 0 Å². The van der Waals surface area contributed by atoms with Crippen LogP contribution in [0.3, 0.4) is 0 Å². The number of cyclic esters (lactones) is 4. The van der Waals surface area contributed by atoms with Crippen LogP contribution in [0.5, 0.6) is 11.5 Å².